The van der Waals surface area contributed by atoms with Crippen LogP contribution in [0, 0.1) is 0 Å². The van der Waals surface area contributed by atoms with Gasteiger partial charge in [-0.3, -0.25) is 14.4 Å². The van der Waals surface area contributed by atoms with Gasteiger partial charge < -0.3 is 28.8 Å². The van der Waals surface area contributed by atoms with Crippen molar-refractivity contribution in [2.24, 2.45) is 0 Å². The number of halogens is 3. The molecule has 0 amide bonds. The van der Waals surface area contributed by atoms with Gasteiger partial charge in [0.2, 0.25) is 0 Å². The lowest BCUT2D eigenvalue weighted by atomic mass is 10.0. The van der Waals surface area contributed by atoms with E-state index in [0.29, 0.717) is 17.9 Å². The van der Waals surface area contributed by atoms with E-state index in [0.717, 1.165) is 44.9 Å². The number of rotatable bonds is 32. The highest BCUT2D eigenvalue weighted by Crippen LogP contribution is 2.39. The van der Waals surface area contributed by atoms with Crippen LogP contribution in [0.15, 0.2) is 36.4 Å². The number of unbranched alkanes of at least 4 members (excludes halogenated alkanes) is 16. The SMILES string of the molecule is CCCCCCCCCCCC(=O)OCC(OC(=O)CCCC(=O)[O-])C(OC(=O)CCCCCCCCCCC)c1cc(Cl)ccc1Oc1ccc(Cl)cc1Cl. The molecule has 2 unspecified atom stereocenters. The Hall–Kier alpha value is -3.01. The van der Waals surface area contributed by atoms with Crippen LogP contribution in [0.4, 0.5) is 0 Å². The molecule has 2 rings (SSSR count). The molecule has 0 fully saturated rings. The maximum atomic E-state index is 13.5. The van der Waals surface area contributed by atoms with Crippen LogP contribution < -0.4 is 9.84 Å². The first-order chi connectivity index (χ1) is 27.0. The second-order valence-corrected chi connectivity index (χ2v) is 15.6. The molecule has 0 aliphatic rings. The molecule has 0 spiro atoms. The standard InChI is InChI=1S/C44H63Cl3O9/c1-3-5-7-9-11-13-15-17-19-23-41(50)53-32-39(55-42(51)25-21-22-40(48)49)44(56-43(52)24-20-18-16-14-12-10-8-6-4-2)35-30-33(45)26-28-37(35)54-38-29-27-34(46)31-36(38)47/h26-31,39,44H,3-25,32H2,1-2H3,(H,48,49)/p-1. The van der Waals surface area contributed by atoms with Gasteiger partial charge in [0.1, 0.15) is 18.1 Å². The van der Waals surface area contributed by atoms with Crippen LogP contribution in [0.1, 0.15) is 173 Å². The van der Waals surface area contributed by atoms with Gasteiger partial charge in [-0.05, 0) is 62.1 Å². The van der Waals surface area contributed by atoms with E-state index in [2.05, 4.69) is 13.8 Å². The van der Waals surface area contributed by atoms with E-state index in [4.69, 9.17) is 53.8 Å². The van der Waals surface area contributed by atoms with Crippen molar-refractivity contribution in [1.29, 1.82) is 0 Å². The number of aliphatic carboxylic acids is 1. The number of hydrogen-bond donors (Lipinski definition) is 0. The minimum Gasteiger partial charge on any atom is -0.550 e. The van der Waals surface area contributed by atoms with E-state index in [-0.39, 0.29) is 59.2 Å². The zero-order valence-electron chi connectivity index (χ0n) is 33.4. The van der Waals surface area contributed by atoms with Crippen LogP contribution in [-0.2, 0) is 33.4 Å². The third kappa shape index (κ3) is 22.1. The molecule has 0 bridgehead atoms. The van der Waals surface area contributed by atoms with E-state index in [9.17, 15) is 24.3 Å². The number of carbonyl (C=O) groups excluding carboxylic acids is 4. The number of ether oxygens (including phenoxy) is 4. The fourth-order valence-corrected chi connectivity index (χ4v) is 6.87. The molecule has 2 atom stereocenters. The summed E-state index contributed by atoms with van der Waals surface area (Å²) in [4.78, 5) is 50.6. The smallest absolute Gasteiger partial charge is 0.306 e. The van der Waals surface area contributed by atoms with Crippen LogP contribution in [-0.4, -0.2) is 36.6 Å². The van der Waals surface area contributed by atoms with E-state index in [1.165, 1.54) is 69.9 Å². The van der Waals surface area contributed by atoms with Gasteiger partial charge in [0.15, 0.2) is 12.2 Å². The molecule has 314 valence electrons. The summed E-state index contributed by atoms with van der Waals surface area (Å²) in [5.41, 5.74) is 0.242. The fourth-order valence-electron chi connectivity index (χ4n) is 6.25. The predicted octanol–water partition coefficient (Wildman–Crippen LogP) is 12.2. The molecule has 0 N–H and O–H groups in total. The molecule has 56 heavy (non-hydrogen) atoms. The largest absolute Gasteiger partial charge is 0.550 e. The van der Waals surface area contributed by atoms with Crippen molar-refractivity contribution < 1.29 is 43.2 Å². The van der Waals surface area contributed by atoms with Crippen molar-refractivity contribution in [3.63, 3.8) is 0 Å². The Morgan fingerprint density at radius 1 is 0.554 bits per heavy atom. The highest BCUT2D eigenvalue weighted by molar-refractivity contribution is 6.35. The predicted molar refractivity (Wildman–Crippen MR) is 220 cm³/mol. The van der Waals surface area contributed by atoms with Crippen LogP contribution in [0.5, 0.6) is 11.5 Å². The van der Waals surface area contributed by atoms with Crippen LogP contribution in [0.2, 0.25) is 15.1 Å². The lowest BCUT2D eigenvalue weighted by Gasteiger charge is -2.29. The van der Waals surface area contributed by atoms with Crippen molar-refractivity contribution in [1.82, 2.24) is 0 Å². The lowest BCUT2D eigenvalue weighted by molar-refractivity contribution is -0.305. The molecule has 9 nitrogen and oxygen atoms in total. The van der Waals surface area contributed by atoms with Crippen molar-refractivity contribution in [2.75, 3.05) is 6.61 Å². The molecule has 2 aromatic carbocycles. The first-order valence-corrected chi connectivity index (χ1v) is 21.8. The third-order valence-electron chi connectivity index (χ3n) is 9.41. The molecule has 0 aromatic heterocycles. The molecule has 0 aliphatic heterocycles. The van der Waals surface area contributed by atoms with Gasteiger partial charge in [-0.25, -0.2) is 0 Å². The minimum atomic E-state index is -1.33. The number of carboxylic acids is 1. The van der Waals surface area contributed by atoms with E-state index in [1.54, 1.807) is 24.3 Å². The number of carbonyl (C=O) groups is 4. The molecule has 0 saturated carbocycles. The minimum absolute atomic E-state index is 0.0318. The molecule has 0 radical (unpaired) electrons. The zero-order chi connectivity index (χ0) is 41.0. The van der Waals surface area contributed by atoms with Crippen molar-refractivity contribution >= 4 is 58.7 Å². The summed E-state index contributed by atoms with van der Waals surface area (Å²) < 4.78 is 23.8. The molecule has 2 aromatic rings. The summed E-state index contributed by atoms with van der Waals surface area (Å²) in [7, 11) is 0. The van der Waals surface area contributed by atoms with Crippen LogP contribution in [0.25, 0.3) is 0 Å². The summed E-state index contributed by atoms with van der Waals surface area (Å²) in [5, 5.41) is 11.9. The number of carboxylic acid groups (broad SMARTS) is 1. The Bertz CT molecular complexity index is 1450. The fraction of sp³-hybridized carbons (Fsp3) is 0.636. The van der Waals surface area contributed by atoms with E-state index in [1.807, 2.05) is 0 Å². The van der Waals surface area contributed by atoms with Crippen LogP contribution >= 0.6 is 34.8 Å². The lowest BCUT2D eigenvalue weighted by Crippen LogP contribution is -2.34. The normalized spacial score (nSPS) is 12.2. The Morgan fingerprint density at radius 3 is 1.55 bits per heavy atom. The number of hydrogen-bond acceptors (Lipinski definition) is 9. The Balaban J connectivity index is 2.29. The maximum Gasteiger partial charge on any atom is 0.306 e. The summed E-state index contributed by atoms with van der Waals surface area (Å²) in [6, 6.07) is 9.37. The molecule has 0 aliphatic carbocycles. The molecular weight excluding hydrogens is 779 g/mol. The zero-order valence-corrected chi connectivity index (χ0v) is 35.7. The van der Waals surface area contributed by atoms with Crippen molar-refractivity contribution in [2.45, 2.75) is 174 Å². The van der Waals surface area contributed by atoms with Crippen molar-refractivity contribution in [3.05, 3.63) is 57.0 Å². The third-order valence-corrected chi connectivity index (χ3v) is 10.2. The van der Waals surface area contributed by atoms with Crippen molar-refractivity contribution in [3.8, 4) is 11.5 Å². The van der Waals surface area contributed by atoms with Gasteiger partial charge in [0.25, 0.3) is 0 Å². The second kappa shape index (κ2) is 30.1. The average Bonchev–Trinajstić information content (AvgIpc) is 3.15. The Labute approximate surface area is 349 Å². The number of esters is 3. The maximum absolute atomic E-state index is 13.5. The Morgan fingerprint density at radius 2 is 1.02 bits per heavy atom. The quantitative estimate of drug-likeness (QED) is 0.0402. The highest BCUT2D eigenvalue weighted by Gasteiger charge is 2.34. The first-order valence-electron chi connectivity index (χ1n) is 20.7. The molecule has 12 heteroatoms. The van der Waals surface area contributed by atoms with Gasteiger partial charge in [-0.1, -0.05) is 151 Å². The average molecular weight is 841 g/mol. The van der Waals surface area contributed by atoms with Gasteiger partial charge in [-0.15, -0.1) is 0 Å². The van der Waals surface area contributed by atoms with Gasteiger partial charge >= 0.3 is 17.9 Å². The molecule has 0 heterocycles. The van der Waals surface area contributed by atoms with E-state index >= 15 is 0 Å². The highest BCUT2D eigenvalue weighted by atomic mass is 35.5. The van der Waals surface area contributed by atoms with Crippen LogP contribution in [0.3, 0.4) is 0 Å². The van der Waals surface area contributed by atoms with Gasteiger partial charge in [0, 0.05) is 40.8 Å². The first kappa shape index (κ1) is 49.1. The summed E-state index contributed by atoms with van der Waals surface area (Å²) in [6.07, 6.45) is 16.4. The summed E-state index contributed by atoms with van der Waals surface area (Å²) >= 11 is 19.0. The second-order valence-electron chi connectivity index (χ2n) is 14.4. The monoisotopic (exact) mass is 839 g/mol. The van der Waals surface area contributed by atoms with Gasteiger partial charge in [-0.2, -0.15) is 0 Å². The molecule has 0 saturated heterocycles. The number of benzene rings is 2. The summed E-state index contributed by atoms with van der Waals surface area (Å²) in [6.45, 7) is 3.95. The topological polar surface area (TPSA) is 128 Å². The molecular formula is C44H62Cl3O9-. The van der Waals surface area contributed by atoms with E-state index < -0.39 is 42.7 Å². The summed E-state index contributed by atoms with van der Waals surface area (Å²) in [5.74, 6) is -2.66. The Kier molecular flexibility index (Phi) is 26.4. The van der Waals surface area contributed by atoms with Gasteiger partial charge in [0.05, 0.1) is 5.02 Å².